The van der Waals surface area contributed by atoms with Crippen LogP contribution >= 0.6 is 11.8 Å². The molecule has 1 aromatic rings. The van der Waals surface area contributed by atoms with Crippen LogP contribution in [0.5, 0.6) is 0 Å². The van der Waals surface area contributed by atoms with Gasteiger partial charge < -0.3 is 19.6 Å². The fourth-order valence-electron chi connectivity index (χ4n) is 3.66. The number of hydrogen-bond donors (Lipinski definition) is 1. The van der Waals surface area contributed by atoms with Gasteiger partial charge in [-0.25, -0.2) is 0 Å². The van der Waals surface area contributed by atoms with E-state index < -0.39 is 5.60 Å². The van der Waals surface area contributed by atoms with Gasteiger partial charge >= 0.3 is 0 Å². The van der Waals surface area contributed by atoms with E-state index in [1.54, 1.807) is 16.7 Å². The summed E-state index contributed by atoms with van der Waals surface area (Å²) in [6.45, 7) is 4.44. The zero-order chi connectivity index (χ0) is 18.2. The van der Waals surface area contributed by atoms with E-state index in [9.17, 15) is 9.90 Å². The number of likely N-dealkylation sites (tertiary alicyclic amines) is 1. The van der Waals surface area contributed by atoms with Gasteiger partial charge in [0.15, 0.2) is 0 Å². The molecule has 0 bridgehead atoms. The summed E-state index contributed by atoms with van der Waals surface area (Å²) in [6, 6.07) is 10.3. The van der Waals surface area contributed by atoms with E-state index in [2.05, 4.69) is 17.0 Å². The van der Waals surface area contributed by atoms with E-state index >= 15 is 0 Å². The lowest BCUT2D eigenvalue weighted by Crippen LogP contribution is -2.53. The summed E-state index contributed by atoms with van der Waals surface area (Å²) in [6.07, 6.45) is 2.90. The van der Waals surface area contributed by atoms with E-state index in [-0.39, 0.29) is 5.91 Å². The molecule has 2 aliphatic heterocycles. The molecule has 144 valence electrons. The lowest BCUT2D eigenvalue weighted by molar-refractivity contribution is -0.134. The third-order valence-corrected chi connectivity index (χ3v) is 6.03. The number of nitrogens with zero attached hydrogens (tertiary/aromatic N) is 2. The van der Waals surface area contributed by atoms with Crippen molar-refractivity contribution in [3.05, 3.63) is 35.9 Å². The summed E-state index contributed by atoms with van der Waals surface area (Å²) in [5, 5.41) is 11.0. The van der Waals surface area contributed by atoms with Crippen molar-refractivity contribution in [2.75, 3.05) is 51.7 Å². The zero-order valence-corrected chi connectivity index (χ0v) is 16.3. The summed E-state index contributed by atoms with van der Waals surface area (Å²) in [5.41, 5.74) is 0.335. The zero-order valence-electron chi connectivity index (χ0n) is 15.4. The normalized spacial score (nSPS) is 24.6. The second-order valence-corrected chi connectivity index (χ2v) is 8.47. The predicted octanol–water partition coefficient (Wildman–Crippen LogP) is 2.00. The maximum Gasteiger partial charge on any atom is 0.223 e. The van der Waals surface area contributed by atoms with Gasteiger partial charge in [0.05, 0.1) is 19.8 Å². The van der Waals surface area contributed by atoms with Crippen LogP contribution in [0.4, 0.5) is 0 Å². The lowest BCUT2D eigenvalue weighted by atomic mass is 10.0. The van der Waals surface area contributed by atoms with Crippen molar-refractivity contribution >= 4 is 17.7 Å². The molecular weight excluding hydrogens is 348 g/mol. The molecule has 0 spiro atoms. The van der Waals surface area contributed by atoms with Crippen molar-refractivity contribution < 1.29 is 14.6 Å². The van der Waals surface area contributed by atoms with E-state index in [4.69, 9.17) is 4.74 Å². The van der Waals surface area contributed by atoms with E-state index in [0.29, 0.717) is 39.3 Å². The quantitative estimate of drug-likeness (QED) is 0.736. The van der Waals surface area contributed by atoms with Gasteiger partial charge in [-0.2, -0.15) is 11.8 Å². The molecule has 1 atom stereocenters. The Labute approximate surface area is 160 Å². The fraction of sp³-hybridized carbons (Fsp3) is 0.650. The first-order valence-electron chi connectivity index (χ1n) is 9.57. The van der Waals surface area contributed by atoms with Gasteiger partial charge in [0.25, 0.3) is 0 Å². The minimum absolute atomic E-state index is 0.121. The van der Waals surface area contributed by atoms with Crippen LogP contribution in [-0.2, 0) is 15.3 Å². The Morgan fingerprint density at radius 3 is 2.73 bits per heavy atom. The van der Waals surface area contributed by atoms with Crippen LogP contribution in [0.1, 0.15) is 24.8 Å². The van der Waals surface area contributed by atoms with Crippen LogP contribution in [0.15, 0.2) is 30.3 Å². The number of benzene rings is 1. The Morgan fingerprint density at radius 1 is 1.19 bits per heavy atom. The van der Waals surface area contributed by atoms with Gasteiger partial charge in [-0.05, 0) is 31.5 Å². The number of amides is 1. The highest BCUT2D eigenvalue weighted by Gasteiger charge is 2.36. The molecule has 1 amide bonds. The number of aliphatic hydroxyl groups is 1. The van der Waals surface area contributed by atoms with Crippen LogP contribution in [0.25, 0.3) is 0 Å². The van der Waals surface area contributed by atoms with E-state index in [0.717, 1.165) is 24.6 Å². The standard InChI is InChI=1S/C20H30N2O3S/c23-19(8-13-26-14-18-6-2-1-3-7-18)22-11-12-25-17-20(24,16-22)15-21-9-4-5-10-21/h1-3,6-7,24H,4-5,8-17H2/t20-/m0/s1. The number of thioether (sulfide) groups is 1. The van der Waals surface area contributed by atoms with Gasteiger partial charge in [0.1, 0.15) is 5.60 Å². The molecule has 5 nitrogen and oxygen atoms in total. The highest BCUT2D eigenvalue weighted by atomic mass is 32.2. The molecule has 1 aromatic carbocycles. The average molecular weight is 379 g/mol. The molecule has 2 aliphatic rings. The number of β-amino-alcohol motifs (C(OH)–C–C–N with tert-alkyl or cyclic N) is 1. The second-order valence-electron chi connectivity index (χ2n) is 7.36. The summed E-state index contributed by atoms with van der Waals surface area (Å²) in [4.78, 5) is 16.7. The van der Waals surface area contributed by atoms with E-state index in [1.165, 1.54) is 18.4 Å². The average Bonchev–Trinajstić information content (AvgIpc) is 3.06. The number of hydrogen-bond acceptors (Lipinski definition) is 5. The van der Waals surface area contributed by atoms with Gasteiger partial charge in [0, 0.05) is 31.0 Å². The maximum absolute atomic E-state index is 12.6. The molecule has 1 N–H and O–H groups in total. The molecule has 0 aromatic heterocycles. The molecule has 26 heavy (non-hydrogen) atoms. The summed E-state index contributed by atoms with van der Waals surface area (Å²) < 4.78 is 5.61. The molecule has 3 rings (SSSR count). The first-order chi connectivity index (χ1) is 12.6. The van der Waals surface area contributed by atoms with Crippen LogP contribution in [0.3, 0.4) is 0 Å². The highest BCUT2D eigenvalue weighted by molar-refractivity contribution is 7.98. The van der Waals surface area contributed by atoms with Gasteiger partial charge in [-0.3, -0.25) is 4.79 Å². The second kappa shape index (κ2) is 9.74. The van der Waals surface area contributed by atoms with Crippen LogP contribution in [-0.4, -0.2) is 78.1 Å². The largest absolute Gasteiger partial charge is 0.384 e. The molecule has 2 fully saturated rings. The molecule has 0 radical (unpaired) electrons. The Balaban J connectivity index is 1.44. The van der Waals surface area contributed by atoms with Crippen molar-refractivity contribution in [1.29, 1.82) is 0 Å². The van der Waals surface area contributed by atoms with Crippen molar-refractivity contribution in [3.63, 3.8) is 0 Å². The van der Waals surface area contributed by atoms with Gasteiger partial charge in [-0.15, -0.1) is 0 Å². The number of rotatable bonds is 7. The monoisotopic (exact) mass is 378 g/mol. The van der Waals surface area contributed by atoms with Crippen molar-refractivity contribution in [2.45, 2.75) is 30.6 Å². The summed E-state index contributed by atoms with van der Waals surface area (Å²) in [5.74, 6) is 1.85. The fourth-order valence-corrected chi connectivity index (χ4v) is 4.56. The molecule has 0 saturated carbocycles. The SMILES string of the molecule is O=C(CCSCc1ccccc1)N1CCOC[C@](O)(CN2CCCC2)C1. The third-order valence-electron chi connectivity index (χ3n) is 5.00. The van der Waals surface area contributed by atoms with Crippen LogP contribution in [0, 0.1) is 0 Å². The Bertz CT molecular complexity index is 565. The van der Waals surface area contributed by atoms with Crippen molar-refractivity contribution in [1.82, 2.24) is 9.80 Å². The van der Waals surface area contributed by atoms with Crippen LogP contribution in [0.2, 0.25) is 0 Å². The molecule has 2 saturated heterocycles. The topological polar surface area (TPSA) is 53.0 Å². The first-order valence-corrected chi connectivity index (χ1v) is 10.7. The molecule has 0 aliphatic carbocycles. The number of ether oxygens (including phenoxy) is 1. The summed E-state index contributed by atoms with van der Waals surface area (Å²) in [7, 11) is 0. The molecule has 2 heterocycles. The first kappa shape index (κ1) is 19.7. The highest BCUT2D eigenvalue weighted by Crippen LogP contribution is 2.19. The van der Waals surface area contributed by atoms with Crippen LogP contribution < -0.4 is 0 Å². The Kier molecular flexibility index (Phi) is 7.37. The molecular formula is C20H30N2O3S. The Hall–Kier alpha value is -1.08. The van der Waals surface area contributed by atoms with Crippen molar-refractivity contribution in [2.24, 2.45) is 0 Å². The third kappa shape index (κ3) is 5.98. The predicted molar refractivity (Wildman–Crippen MR) is 105 cm³/mol. The van der Waals surface area contributed by atoms with E-state index in [1.807, 2.05) is 18.2 Å². The van der Waals surface area contributed by atoms with Gasteiger partial charge in [-0.1, -0.05) is 30.3 Å². The molecule has 6 heteroatoms. The maximum atomic E-state index is 12.6. The van der Waals surface area contributed by atoms with Gasteiger partial charge in [0.2, 0.25) is 5.91 Å². The number of carbonyl (C=O) groups excluding carboxylic acids is 1. The molecule has 0 unspecified atom stereocenters. The smallest absolute Gasteiger partial charge is 0.223 e. The minimum atomic E-state index is -0.951. The number of carbonyl (C=O) groups is 1. The summed E-state index contributed by atoms with van der Waals surface area (Å²) >= 11 is 1.78. The van der Waals surface area contributed by atoms with Crippen molar-refractivity contribution in [3.8, 4) is 0 Å². The Morgan fingerprint density at radius 2 is 1.96 bits per heavy atom. The minimum Gasteiger partial charge on any atom is -0.384 e. The lowest BCUT2D eigenvalue weighted by Gasteiger charge is -2.34.